The second-order valence-electron chi connectivity index (χ2n) is 4.82. The van der Waals surface area contributed by atoms with Crippen LogP contribution in [0.25, 0.3) is 0 Å². The number of hydrogen-bond acceptors (Lipinski definition) is 3. The van der Waals surface area contributed by atoms with Gasteiger partial charge >= 0.3 is 0 Å². The van der Waals surface area contributed by atoms with Gasteiger partial charge in [-0.05, 0) is 38.5 Å². The largest absolute Gasteiger partial charge is 0.396 e. The highest BCUT2D eigenvalue weighted by Crippen LogP contribution is 2.17. The van der Waals surface area contributed by atoms with E-state index >= 15 is 0 Å². The third-order valence-electron chi connectivity index (χ3n) is 3.00. The fourth-order valence-corrected chi connectivity index (χ4v) is 2.89. The highest BCUT2D eigenvalue weighted by atomic mass is 32.2. The molecule has 112 valence electrons. The molecule has 0 heterocycles. The molecule has 0 aliphatic carbocycles. The summed E-state index contributed by atoms with van der Waals surface area (Å²) < 4.78 is 25.6. The lowest BCUT2D eigenvalue weighted by Crippen LogP contribution is -2.40. The van der Waals surface area contributed by atoms with Crippen LogP contribution in [0.2, 0.25) is 0 Å². The van der Waals surface area contributed by atoms with Gasteiger partial charge in [0.1, 0.15) is 11.1 Å². The molecule has 20 heavy (non-hydrogen) atoms. The van der Waals surface area contributed by atoms with Crippen LogP contribution in [-0.4, -0.2) is 21.4 Å². The number of nitrogens with two attached hydrogens (primary N) is 1. The summed E-state index contributed by atoms with van der Waals surface area (Å²) in [4.78, 5) is 12.2. The van der Waals surface area contributed by atoms with Crippen molar-refractivity contribution in [2.24, 2.45) is 0 Å². The number of carbonyl (C=O) groups excluding carboxylic acids is 1. The van der Waals surface area contributed by atoms with Gasteiger partial charge < -0.3 is 11.1 Å². The van der Waals surface area contributed by atoms with Gasteiger partial charge in [0.2, 0.25) is 5.91 Å². The second kappa shape index (κ2) is 7.38. The zero-order valence-electron chi connectivity index (χ0n) is 12.0. The van der Waals surface area contributed by atoms with Crippen LogP contribution in [0.15, 0.2) is 23.1 Å². The predicted octanol–water partition coefficient (Wildman–Crippen LogP) is 2.21. The Morgan fingerprint density at radius 1 is 1.45 bits per heavy atom. The fraction of sp³-hybridized carbons (Fsp3) is 0.500. The molecule has 0 bridgehead atoms. The Hall–Kier alpha value is -1.43. The van der Waals surface area contributed by atoms with Crippen molar-refractivity contribution in [3.63, 3.8) is 0 Å². The molecule has 3 unspecified atom stereocenters. The van der Waals surface area contributed by atoms with Crippen LogP contribution >= 0.6 is 0 Å². The van der Waals surface area contributed by atoms with Gasteiger partial charge in [0.25, 0.3) is 0 Å². The average Bonchev–Trinajstić information content (AvgIpc) is 2.40. The number of rotatable bonds is 6. The van der Waals surface area contributed by atoms with E-state index in [0.29, 0.717) is 0 Å². The van der Waals surface area contributed by atoms with E-state index in [1.807, 2.05) is 13.8 Å². The Balaban J connectivity index is 2.75. The minimum absolute atomic E-state index is 0.000535. The Kier molecular flexibility index (Phi) is 6.13. The number of anilines is 1. The van der Waals surface area contributed by atoms with Gasteiger partial charge in [-0.15, -0.1) is 0 Å². The Labute approximate surface area is 121 Å². The molecule has 0 aliphatic rings. The van der Waals surface area contributed by atoms with E-state index in [4.69, 9.17) is 5.73 Å². The molecule has 0 aromatic heterocycles. The van der Waals surface area contributed by atoms with Gasteiger partial charge in [-0.3, -0.25) is 9.00 Å². The number of amides is 1. The molecular formula is C14H21FN2O2S. The van der Waals surface area contributed by atoms with Gasteiger partial charge in [0.15, 0.2) is 0 Å². The molecule has 0 radical (unpaired) electrons. The number of hydrogen-bond donors (Lipinski definition) is 2. The van der Waals surface area contributed by atoms with E-state index in [-0.39, 0.29) is 22.5 Å². The average molecular weight is 300 g/mol. The molecule has 0 aliphatic heterocycles. The third-order valence-corrected chi connectivity index (χ3v) is 4.58. The predicted molar refractivity (Wildman–Crippen MR) is 79.2 cm³/mol. The number of nitrogen functional groups attached to an aromatic ring is 1. The van der Waals surface area contributed by atoms with Crippen LogP contribution in [0.5, 0.6) is 0 Å². The number of carbonyl (C=O) groups is 1. The molecule has 1 aromatic rings. The van der Waals surface area contributed by atoms with Crippen molar-refractivity contribution in [3.8, 4) is 0 Å². The zero-order valence-corrected chi connectivity index (χ0v) is 12.8. The monoisotopic (exact) mass is 300 g/mol. The molecule has 0 spiro atoms. The van der Waals surface area contributed by atoms with Gasteiger partial charge in [-0.1, -0.05) is 13.3 Å². The summed E-state index contributed by atoms with van der Waals surface area (Å²) in [6, 6.07) is 3.99. The van der Waals surface area contributed by atoms with Crippen molar-refractivity contribution in [1.82, 2.24) is 5.32 Å². The van der Waals surface area contributed by atoms with Crippen molar-refractivity contribution in [1.29, 1.82) is 0 Å². The lowest BCUT2D eigenvalue weighted by Gasteiger charge is -2.17. The summed E-state index contributed by atoms with van der Waals surface area (Å²) in [7, 11) is -1.60. The van der Waals surface area contributed by atoms with Crippen molar-refractivity contribution in [3.05, 3.63) is 24.0 Å². The molecule has 0 saturated heterocycles. The minimum Gasteiger partial charge on any atom is -0.396 e. The highest BCUT2D eigenvalue weighted by Gasteiger charge is 2.23. The molecule has 1 aromatic carbocycles. The van der Waals surface area contributed by atoms with Gasteiger partial charge in [0.05, 0.1) is 16.5 Å². The lowest BCUT2D eigenvalue weighted by molar-refractivity contribution is -0.121. The maximum atomic E-state index is 13.4. The first-order chi connectivity index (χ1) is 9.36. The molecule has 1 amide bonds. The molecule has 3 N–H and O–H groups in total. The maximum absolute atomic E-state index is 13.4. The van der Waals surface area contributed by atoms with Crippen LogP contribution < -0.4 is 11.1 Å². The molecule has 0 saturated carbocycles. The van der Waals surface area contributed by atoms with E-state index in [9.17, 15) is 13.4 Å². The standard InChI is InChI=1S/C14H21FN2O2S/c1-4-5-9(2)17-14(18)10(3)20(19)11-6-7-13(16)12(15)8-11/h6-10H,4-5,16H2,1-3H3,(H,17,18). The summed E-state index contributed by atoms with van der Waals surface area (Å²) in [6.07, 6.45) is 1.82. The zero-order chi connectivity index (χ0) is 15.3. The number of halogens is 1. The van der Waals surface area contributed by atoms with E-state index in [1.165, 1.54) is 12.1 Å². The van der Waals surface area contributed by atoms with E-state index in [1.54, 1.807) is 6.92 Å². The second-order valence-corrected chi connectivity index (χ2v) is 6.59. The first-order valence-electron chi connectivity index (χ1n) is 6.62. The SMILES string of the molecule is CCCC(C)NC(=O)C(C)S(=O)c1ccc(N)c(F)c1. The molecule has 4 nitrogen and oxygen atoms in total. The van der Waals surface area contributed by atoms with Crippen molar-refractivity contribution >= 4 is 22.4 Å². The van der Waals surface area contributed by atoms with E-state index < -0.39 is 21.9 Å². The van der Waals surface area contributed by atoms with Crippen molar-refractivity contribution < 1.29 is 13.4 Å². The van der Waals surface area contributed by atoms with Crippen LogP contribution in [0.4, 0.5) is 10.1 Å². The Morgan fingerprint density at radius 3 is 2.65 bits per heavy atom. The van der Waals surface area contributed by atoms with E-state index in [0.717, 1.165) is 18.9 Å². The first kappa shape index (κ1) is 16.6. The van der Waals surface area contributed by atoms with Gasteiger partial charge in [-0.2, -0.15) is 0 Å². The van der Waals surface area contributed by atoms with Crippen LogP contribution in [0.3, 0.4) is 0 Å². The molecular weight excluding hydrogens is 279 g/mol. The van der Waals surface area contributed by atoms with Crippen LogP contribution in [0.1, 0.15) is 33.6 Å². The number of benzene rings is 1. The Bertz CT molecular complexity index is 508. The van der Waals surface area contributed by atoms with Gasteiger partial charge in [-0.25, -0.2) is 4.39 Å². The Morgan fingerprint density at radius 2 is 2.10 bits per heavy atom. The summed E-state index contributed by atoms with van der Waals surface area (Å²) in [6.45, 7) is 5.50. The van der Waals surface area contributed by atoms with Crippen LogP contribution in [0, 0.1) is 5.82 Å². The summed E-state index contributed by atoms with van der Waals surface area (Å²) in [5.41, 5.74) is 5.37. The highest BCUT2D eigenvalue weighted by molar-refractivity contribution is 7.86. The third kappa shape index (κ3) is 4.30. The summed E-state index contributed by atoms with van der Waals surface area (Å²) in [5, 5.41) is 2.07. The van der Waals surface area contributed by atoms with E-state index in [2.05, 4.69) is 5.32 Å². The minimum atomic E-state index is -1.60. The molecule has 0 fully saturated rings. The molecule has 3 atom stereocenters. The van der Waals surface area contributed by atoms with Crippen LogP contribution in [-0.2, 0) is 15.6 Å². The molecule has 6 heteroatoms. The lowest BCUT2D eigenvalue weighted by atomic mass is 10.2. The first-order valence-corrected chi connectivity index (χ1v) is 7.84. The normalized spacial score (nSPS) is 15.4. The number of nitrogens with one attached hydrogen (secondary N) is 1. The molecule has 1 rings (SSSR count). The van der Waals surface area contributed by atoms with Crippen molar-refractivity contribution in [2.45, 2.75) is 49.8 Å². The summed E-state index contributed by atoms with van der Waals surface area (Å²) in [5.74, 6) is -0.913. The smallest absolute Gasteiger partial charge is 0.236 e. The topological polar surface area (TPSA) is 72.2 Å². The summed E-state index contributed by atoms with van der Waals surface area (Å²) >= 11 is 0. The fourth-order valence-electron chi connectivity index (χ4n) is 1.80. The van der Waals surface area contributed by atoms with Crippen molar-refractivity contribution in [2.75, 3.05) is 5.73 Å². The maximum Gasteiger partial charge on any atom is 0.236 e. The van der Waals surface area contributed by atoms with Gasteiger partial charge in [0, 0.05) is 10.9 Å². The quantitative estimate of drug-likeness (QED) is 0.791.